The topological polar surface area (TPSA) is 45.5 Å². The number of hydrogen-bond acceptors (Lipinski definition) is 3. The van der Waals surface area contributed by atoms with Crippen LogP contribution in [0.15, 0.2) is 35.0 Å². The van der Waals surface area contributed by atoms with Gasteiger partial charge in [-0.25, -0.2) is 0 Å². The molecule has 0 fully saturated rings. The number of rotatable bonds is 4. The molecule has 1 heterocycles. The minimum absolute atomic E-state index is 0.249. The highest BCUT2D eigenvalue weighted by Crippen LogP contribution is 2.01. The fraction of sp³-hybridized carbons (Fsp3) is 0.333. The predicted molar refractivity (Wildman–Crippen MR) is 70.8 cm³/mol. The molecule has 0 aliphatic heterocycles. The van der Waals surface area contributed by atoms with Crippen molar-refractivity contribution >= 4 is 23.2 Å². The zero-order chi connectivity index (χ0) is 12.8. The van der Waals surface area contributed by atoms with E-state index >= 15 is 0 Å². The molecule has 0 radical (unpaired) electrons. The van der Waals surface area contributed by atoms with Crippen LogP contribution >= 0.6 is 12.2 Å². The molecular weight excluding hydrogens is 236 g/mol. The van der Waals surface area contributed by atoms with Gasteiger partial charge in [-0.1, -0.05) is 12.2 Å². The van der Waals surface area contributed by atoms with Crippen LogP contribution in [-0.4, -0.2) is 29.0 Å². The average molecular weight is 252 g/mol. The van der Waals surface area contributed by atoms with E-state index < -0.39 is 0 Å². The highest BCUT2D eigenvalue weighted by atomic mass is 32.1. The summed E-state index contributed by atoms with van der Waals surface area (Å²) in [5.41, 5.74) is 0.987. The molecule has 0 unspecified atom stereocenters. The fourth-order valence-corrected chi connectivity index (χ4v) is 1.58. The van der Waals surface area contributed by atoms with Gasteiger partial charge < -0.3 is 9.32 Å². The van der Waals surface area contributed by atoms with E-state index in [1.165, 1.54) is 6.26 Å². The van der Waals surface area contributed by atoms with Gasteiger partial charge >= 0.3 is 0 Å². The Labute approximate surface area is 106 Å². The molecule has 17 heavy (non-hydrogen) atoms. The summed E-state index contributed by atoms with van der Waals surface area (Å²) in [5.74, 6) is -0.0844. The Balaban J connectivity index is 2.58. The molecule has 0 atom stereocenters. The first-order valence-electron chi connectivity index (χ1n) is 5.32. The molecule has 0 aromatic carbocycles. The first kappa shape index (κ1) is 13.4. The number of thiocarbonyl (C=S) groups is 1. The summed E-state index contributed by atoms with van der Waals surface area (Å²) in [6.45, 7) is 9.05. The monoisotopic (exact) mass is 252 g/mol. The maximum atomic E-state index is 11.7. The van der Waals surface area contributed by atoms with E-state index in [2.05, 4.69) is 11.9 Å². The Kier molecular flexibility index (Phi) is 4.90. The lowest BCUT2D eigenvalue weighted by Gasteiger charge is -2.23. The Morgan fingerprint density at radius 3 is 2.82 bits per heavy atom. The van der Waals surface area contributed by atoms with Crippen LogP contribution in [0.1, 0.15) is 24.4 Å². The van der Waals surface area contributed by atoms with Gasteiger partial charge in [0.25, 0.3) is 5.91 Å². The number of furan rings is 1. The van der Waals surface area contributed by atoms with Gasteiger partial charge in [0.1, 0.15) is 0 Å². The van der Waals surface area contributed by atoms with E-state index in [-0.39, 0.29) is 11.7 Å². The second-order valence-corrected chi connectivity index (χ2v) is 4.09. The summed E-state index contributed by atoms with van der Waals surface area (Å²) in [5, 5.41) is 3.01. The van der Waals surface area contributed by atoms with Gasteiger partial charge in [0.2, 0.25) is 0 Å². The lowest BCUT2D eigenvalue weighted by molar-refractivity contribution is 0.0946. The number of hydrogen-bond donors (Lipinski definition) is 1. The van der Waals surface area contributed by atoms with Crippen LogP contribution in [0.4, 0.5) is 0 Å². The summed E-state index contributed by atoms with van der Waals surface area (Å²) in [4.78, 5) is 13.5. The first-order valence-corrected chi connectivity index (χ1v) is 5.73. The molecule has 1 rings (SSSR count). The summed E-state index contributed by atoms with van der Waals surface area (Å²) < 4.78 is 4.98. The van der Waals surface area contributed by atoms with Crippen molar-refractivity contribution in [2.24, 2.45) is 0 Å². The zero-order valence-electron chi connectivity index (χ0n) is 10.0. The van der Waals surface area contributed by atoms with E-state index in [4.69, 9.17) is 16.6 Å². The van der Waals surface area contributed by atoms with Crippen LogP contribution < -0.4 is 5.32 Å². The quantitative estimate of drug-likeness (QED) is 0.659. The highest BCUT2D eigenvalue weighted by molar-refractivity contribution is 7.80. The van der Waals surface area contributed by atoms with Gasteiger partial charge in [0.15, 0.2) is 10.9 Å². The number of carbonyl (C=O) groups excluding carboxylic acids is 1. The molecule has 0 saturated heterocycles. The Hall–Kier alpha value is -1.62. The third kappa shape index (κ3) is 4.03. The minimum Gasteiger partial charge on any atom is -0.459 e. The van der Waals surface area contributed by atoms with Gasteiger partial charge in [-0.2, -0.15) is 0 Å². The average Bonchev–Trinajstić information content (AvgIpc) is 2.78. The number of nitrogens with one attached hydrogen (secondary N) is 1. The number of amides is 1. The van der Waals surface area contributed by atoms with Crippen LogP contribution in [0.2, 0.25) is 0 Å². The normalized spacial score (nSPS) is 9.76. The molecule has 1 amide bonds. The molecular formula is C12H16N2O2S. The van der Waals surface area contributed by atoms with E-state index in [9.17, 15) is 4.79 Å². The van der Waals surface area contributed by atoms with E-state index in [0.29, 0.717) is 18.2 Å². The lowest BCUT2D eigenvalue weighted by Crippen LogP contribution is -2.43. The largest absolute Gasteiger partial charge is 0.459 e. The zero-order valence-corrected chi connectivity index (χ0v) is 10.8. The third-order valence-electron chi connectivity index (χ3n) is 2.10. The molecule has 5 heteroatoms. The number of carbonyl (C=O) groups is 1. The lowest BCUT2D eigenvalue weighted by atomic mass is 10.3. The van der Waals surface area contributed by atoms with Crippen molar-refractivity contribution in [3.05, 3.63) is 36.3 Å². The molecule has 1 N–H and O–H groups in total. The molecule has 92 valence electrons. The Bertz CT molecular complexity index is 412. The molecule has 0 bridgehead atoms. The third-order valence-corrected chi connectivity index (χ3v) is 2.46. The van der Waals surface area contributed by atoms with Crippen LogP contribution in [0.5, 0.6) is 0 Å². The summed E-state index contributed by atoms with van der Waals surface area (Å²) in [6.07, 6.45) is 1.45. The highest BCUT2D eigenvalue weighted by Gasteiger charge is 2.14. The maximum Gasteiger partial charge on any atom is 0.293 e. The molecule has 0 aliphatic rings. The molecule has 1 aromatic heterocycles. The molecule has 1 aromatic rings. The molecule has 4 nitrogen and oxygen atoms in total. The summed E-state index contributed by atoms with van der Waals surface area (Å²) >= 11 is 5.15. The van der Waals surface area contributed by atoms with Crippen LogP contribution in [-0.2, 0) is 0 Å². The van der Waals surface area contributed by atoms with Crippen molar-refractivity contribution in [1.29, 1.82) is 0 Å². The van der Waals surface area contributed by atoms with Crippen molar-refractivity contribution in [3.63, 3.8) is 0 Å². The second kappa shape index (κ2) is 6.20. The van der Waals surface area contributed by atoms with Crippen LogP contribution in [0, 0.1) is 0 Å². The standard InChI is InChI=1S/C12H16N2O2S/c1-4-14(8-9(2)3)12(17)13-11(15)10-6-5-7-16-10/h5-7H,2,4,8H2,1,3H3,(H,13,15,17). The van der Waals surface area contributed by atoms with Gasteiger partial charge in [0, 0.05) is 13.1 Å². The van der Waals surface area contributed by atoms with Gasteiger partial charge in [-0.05, 0) is 38.2 Å². The van der Waals surface area contributed by atoms with Crippen molar-refractivity contribution < 1.29 is 9.21 Å². The SMILES string of the molecule is C=C(C)CN(CC)C(=S)NC(=O)c1ccco1. The van der Waals surface area contributed by atoms with E-state index in [1.807, 2.05) is 18.7 Å². The van der Waals surface area contributed by atoms with Crippen LogP contribution in [0.25, 0.3) is 0 Å². The van der Waals surface area contributed by atoms with Gasteiger partial charge in [-0.15, -0.1) is 0 Å². The predicted octanol–water partition coefficient (Wildman–Crippen LogP) is 2.19. The molecule has 0 spiro atoms. The first-order chi connectivity index (χ1) is 8.04. The van der Waals surface area contributed by atoms with Gasteiger partial charge in [-0.3, -0.25) is 10.1 Å². The van der Waals surface area contributed by atoms with Gasteiger partial charge in [0.05, 0.1) is 6.26 Å². The molecule has 0 aliphatic carbocycles. The van der Waals surface area contributed by atoms with Crippen LogP contribution in [0.3, 0.4) is 0 Å². The number of likely N-dealkylation sites (N-methyl/N-ethyl adjacent to an activating group) is 1. The Morgan fingerprint density at radius 1 is 1.65 bits per heavy atom. The van der Waals surface area contributed by atoms with E-state index in [1.54, 1.807) is 12.1 Å². The van der Waals surface area contributed by atoms with Crippen molar-refractivity contribution in [2.45, 2.75) is 13.8 Å². The van der Waals surface area contributed by atoms with Crippen molar-refractivity contribution in [3.8, 4) is 0 Å². The van der Waals surface area contributed by atoms with Crippen molar-refractivity contribution in [2.75, 3.05) is 13.1 Å². The fourth-order valence-electron chi connectivity index (χ4n) is 1.30. The summed E-state index contributed by atoms with van der Waals surface area (Å²) in [6, 6.07) is 3.25. The Morgan fingerprint density at radius 2 is 2.35 bits per heavy atom. The molecule has 0 saturated carbocycles. The maximum absolute atomic E-state index is 11.7. The van der Waals surface area contributed by atoms with Crippen molar-refractivity contribution in [1.82, 2.24) is 10.2 Å². The second-order valence-electron chi connectivity index (χ2n) is 3.71. The minimum atomic E-state index is -0.333. The number of nitrogens with zero attached hydrogens (tertiary/aromatic N) is 1. The van der Waals surface area contributed by atoms with E-state index in [0.717, 1.165) is 5.57 Å². The summed E-state index contributed by atoms with van der Waals surface area (Å²) in [7, 11) is 0. The smallest absolute Gasteiger partial charge is 0.293 e.